The normalized spacial score (nSPS) is 26.8. The average Bonchev–Trinajstić information content (AvgIpc) is 2.66. The van der Waals surface area contributed by atoms with Crippen LogP contribution in [0.1, 0.15) is 12.8 Å². The Morgan fingerprint density at radius 2 is 2.40 bits per heavy atom. The molecule has 0 aromatic rings. The van der Waals surface area contributed by atoms with Crippen molar-refractivity contribution < 1.29 is 9.53 Å². The predicted octanol–water partition coefficient (Wildman–Crippen LogP) is -0.220. The highest BCUT2D eigenvalue weighted by Gasteiger charge is 2.19. The van der Waals surface area contributed by atoms with Gasteiger partial charge in [0.2, 0.25) is 0 Å². The number of carbonyl (C=O) groups is 1. The van der Waals surface area contributed by atoms with Crippen LogP contribution in [0.5, 0.6) is 0 Å². The van der Waals surface area contributed by atoms with Crippen molar-refractivity contribution in [3.05, 3.63) is 0 Å². The summed E-state index contributed by atoms with van der Waals surface area (Å²) >= 11 is 0. The Labute approximate surface area is 90.1 Å². The second kappa shape index (κ2) is 5.32. The Morgan fingerprint density at radius 1 is 1.47 bits per heavy atom. The van der Waals surface area contributed by atoms with Crippen molar-refractivity contribution in [3.8, 4) is 0 Å². The van der Waals surface area contributed by atoms with E-state index in [-0.39, 0.29) is 6.03 Å². The third kappa shape index (κ3) is 3.07. The van der Waals surface area contributed by atoms with Gasteiger partial charge in [0.15, 0.2) is 0 Å². The molecule has 2 fully saturated rings. The fourth-order valence-electron chi connectivity index (χ4n) is 2.02. The molecule has 0 aliphatic carbocycles. The third-order valence-corrected chi connectivity index (χ3v) is 2.91. The van der Waals surface area contributed by atoms with Gasteiger partial charge in [0, 0.05) is 26.2 Å². The fraction of sp³-hybridized carbons (Fsp3) is 0.900. The molecule has 2 aliphatic rings. The Kier molecular flexibility index (Phi) is 3.80. The number of piperidine rings is 1. The zero-order valence-electron chi connectivity index (χ0n) is 9.00. The highest BCUT2D eigenvalue weighted by Crippen LogP contribution is 2.06. The first kappa shape index (κ1) is 10.7. The lowest BCUT2D eigenvalue weighted by molar-refractivity contribution is 0.0300. The van der Waals surface area contributed by atoms with Crippen molar-refractivity contribution in [2.45, 2.75) is 18.9 Å². The number of carbonyl (C=O) groups excluding carboxylic acids is 1. The Morgan fingerprint density at radius 3 is 3.07 bits per heavy atom. The van der Waals surface area contributed by atoms with E-state index >= 15 is 0 Å². The van der Waals surface area contributed by atoms with Crippen LogP contribution in [0.25, 0.3) is 0 Å². The highest BCUT2D eigenvalue weighted by atomic mass is 16.5. The summed E-state index contributed by atoms with van der Waals surface area (Å²) in [4.78, 5) is 13.0. The molecule has 1 unspecified atom stereocenters. The molecule has 0 radical (unpaired) electrons. The quantitative estimate of drug-likeness (QED) is 0.679. The van der Waals surface area contributed by atoms with E-state index in [4.69, 9.17) is 4.74 Å². The molecule has 2 aliphatic heterocycles. The Hall–Kier alpha value is -0.810. The molecule has 5 heteroatoms. The largest absolute Gasteiger partial charge is 0.375 e. The van der Waals surface area contributed by atoms with Gasteiger partial charge in [0.25, 0.3) is 0 Å². The fourth-order valence-corrected chi connectivity index (χ4v) is 2.02. The van der Waals surface area contributed by atoms with Crippen molar-refractivity contribution in [1.29, 1.82) is 0 Å². The Balaban J connectivity index is 1.59. The molecule has 5 nitrogen and oxygen atoms in total. The molecule has 15 heavy (non-hydrogen) atoms. The van der Waals surface area contributed by atoms with E-state index in [2.05, 4.69) is 10.6 Å². The van der Waals surface area contributed by atoms with Crippen molar-refractivity contribution in [3.63, 3.8) is 0 Å². The molecule has 1 atom stereocenters. The number of amides is 2. The summed E-state index contributed by atoms with van der Waals surface area (Å²) in [6, 6.07) is 0.0420. The number of hydrogen-bond donors (Lipinski definition) is 2. The first-order valence-corrected chi connectivity index (χ1v) is 5.71. The smallest absolute Gasteiger partial charge is 0.317 e. The molecular formula is C10H19N3O2. The number of nitrogens with zero attached hydrogens (tertiary/aromatic N) is 1. The molecule has 86 valence electrons. The van der Waals surface area contributed by atoms with Gasteiger partial charge in [-0.05, 0) is 19.4 Å². The summed E-state index contributed by atoms with van der Waals surface area (Å²) in [6.45, 7) is 5.00. The summed E-state index contributed by atoms with van der Waals surface area (Å²) in [5.74, 6) is 0. The van der Waals surface area contributed by atoms with E-state index in [9.17, 15) is 4.79 Å². The van der Waals surface area contributed by atoms with E-state index in [1.54, 1.807) is 4.90 Å². The highest BCUT2D eigenvalue weighted by molar-refractivity contribution is 5.76. The number of urea groups is 1. The van der Waals surface area contributed by atoms with Crippen LogP contribution in [0.3, 0.4) is 0 Å². The maximum Gasteiger partial charge on any atom is 0.317 e. The van der Waals surface area contributed by atoms with E-state index in [1.807, 2.05) is 0 Å². The van der Waals surface area contributed by atoms with Gasteiger partial charge in [-0.3, -0.25) is 0 Å². The summed E-state index contributed by atoms with van der Waals surface area (Å²) in [5.41, 5.74) is 0. The molecule has 2 amide bonds. The number of rotatable bonds is 4. The number of hydrogen-bond acceptors (Lipinski definition) is 3. The molecule has 2 N–H and O–H groups in total. The lowest BCUT2D eigenvalue weighted by Crippen LogP contribution is -2.37. The maximum absolute atomic E-state index is 11.2. The molecule has 0 spiro atoms. The second-order valence-corrected chi connectivity index (χ2v) is 4.06. The summed E-state index contributed by atoms with van der Waals surface area (Å²) < 4.78 is 5.71. The predicted molar refractivity (Wildman–Crippen MR) is 56.8 cm³/mol. The molecule has 0 bridgehead atoms. The van der Waals surface area contributed by atoms with Crippen LogP contribution in [0.2, 0.25) is 0 Å². The van der Waals surface area contributed by atoms with Gasteiger partial charge < -0.3 is 20.3 Å². The number of nitrogens with one attached hydrogen (secondary N) is 2. The van der Waals surface area contributed by atoms with Gasteiger partial charge >= 0.3 is 6.03 Å². The lowest BCUT2D eigenvalue weighted by atomic mass is 10.1. The monoisotopic (exact) mass is 213 g/mol. The topological polar surface area (TPSA) is 53.6 Å². The molecule has 2 rings (SSSR count). The third-order valence-electron chi connectivity index (χ3n) is 2.91. The summed E-state index contributed by atoms with van der Waals surface area (Å²) in [6.07, 6.45) is 2.66. The molecule has 0 saturated carbocycles. The van der Waals surface area contributed by atoms with Crippen LogP contribution in [-0.4, -0.2) is 56.4 Å². The van der Waals surface area contributed by atoms with Crippen LogP contribution >= 0.6 is 0 Å². The van der Waals surface area contributed by atoms with Gasteiger partial charge in [-0.15, -0.1) is 0 Å². The molecule has 0 aromatic carbocycles. The first-order valence-electron chi connectivity index (χ1n) is 5.71. The minimum atomic E-state index is 0.0420. The number of ether oxygens (including phenoxy) is 1. The summed E-state index contributed by atoms with van der Waals surface area (Å²) in [7, 11) is 0. The minimum absolute atomic E-state index is 0.0420. The van der Waals surface area contributed by atoms with Crippen LogP contribution in [0, 0.1) is 0 Å². The summed E-state index contributed by atoms with van der Waals surface area (Å²) in [5, 5.41) is 6.08. The van der Waals surface area contributed by atoms with Gasteiger partial charge in [0.1, 0.15) is 0 Å². The van der Waals surface area contributed by atoms with Gasteiger partial charge in [-0.25, -0.2) is 4.79 Å². The first-order chi connectivity index (χ1) is 7.36. The SMILES string of the molecule is O=C1NCCN1CCOC1CCCNC1. The molecule has 2 saturated heterocycles. The van der Waals surface area contributed by atoms with Crippen molar-refractivity contribution in [1.82, 2.24) is 15.5 Å². The van der Waals surface area contributed by atoms with Gasteiger partial charge in [0.05, 0.1) is 12.7 Å². The second-order valence-electron chi connectivity index (χ2n) is 4.06. The van der Waals surface area contributed by atoms with Crippen molar-refractivity contribution in [2.75, 3.05) is 39.3 Å². The molecule has 2 heterocycles. The molecular weight excluding hydrogens is 194 g/mol. The van der Waals surface area contributed by atoms with Gasteiger partial charge in [-0.1, -0.05) is 0 Å². The van der Waals surface area contributed by atoms with Crippen molar-refractivity contribution >= 4 is 6.03 Å². The average molecular weight is 213 g/mol. The zero-order valence-corrected chi connectivity index (χ0v) is 9.00. The van der Waals surface area contributed by atoms with E-state index in [1.165, 1.54) is 6.42 Å². The van der Waals surface area contributed by atoms with Crippen LogP contribution in [0.15, 0.2) is 0 Å². The van der Waals surface area contributed by atoms with Crippen LogP contribution in [0.4, 0.5) is 4.79 Å². The van der Waals surface area contributed by atoms with Gasteiger partial charge in [-0.2, -0.15) is 0 Å². The minimum Gasteiger partial charge on any atom is -0.375 e. The van der Waals surface area contributed by atoms with E-state index < -0.39 is 0 Å². The molecule has 0 aromatic heterocycles. The van der Waals surface area contributed by atoms with Crippen LogP contribution < -0.4 is 10.6 Å². The Bertz CT molecular complexity index is 217. The van der Waals surface area contributed by atoms with Crippen molar-refractivity contribution in [2.24, 2.45) is 0 Å². The standard InChI is InChI=1S/C10H19N3O2/c14-10-12-4-5-13(10)6-7-15-9-2-1-3-11-8-9/h9,11H,1-8H2,(H,12,14). The zero-order chi connectivity index (χ0) is 10.5. The lowest BCUT2D eigenvalue weighted by Gasteiger charge is -2.24. The maximum atomic E-state index is 11.2. The van der Waals surface area contributed by atoms with E-state index in [0.29, 0.717) is 19.3 Å². The van der Waals surface area contributed by atoms with Crippen LogP contribution in [-0.2, 0) is 4.74 Å². The van der Waals surface area contributed by atoms with E-state index in [0.717, 1.165) is 32.6 Å².